The van der Waals surface area contributed by atoms with Gasteiger partial charge in [-0.05, 0) is 19.9 Å². The molecule has 3 N–H and O–H groups in total. The first-order valence-corrected chi connectivity index (χ1v) is 6.81. The molecular weight excluding hydrogens is 308 g/mol. The van der Waals surface area contributed by atoms with Crippen LogP contribution < -0.4 is 16.3 Å². The summed E-state index contributed by atoms with van der Waals surface area (Å²) < 4.78 is 0. The number of benzene rings is 1. The monoisotopic (exact) mass is 322 g/mol. The summed E-state index contributed by atoms with van der Waals surface area (Å²) in [6.45, 7) is 3.64. The summed E-state index contributed by atoms with van der Waals surface area (Å²) in [5.41, 5.74) is 8.86. The van der Waals surface area contributed by atoms with E-state index < -0.39 is 12.1 Å². The summed E-state index contributed by atoms with van der Waals surface area (Å²) in [6, 6.07) is 5.98. The van der Waals surface area contributed by atoms with Gasteiger partial charge in [-0.2, -0.15) is 10.2 Å². The molecule has 116 valence electrons. The van der Waals surface area contributed by atoms with Gasteiger partial charge in [0.05, 0.1) is 18.0 Å². The maximum absolute atomic E-state index is 11.8. The number of carbonyl (C=O) groups is 2. The highest BCUT2D eigenvalue weighted by molar-refractivity contribution is 6.34. The van der Waals surface area contributed by atoms with Gasteiger partial charge in [0.2, 0.25) is 0 Å². The number of hydrogen-bond acceptors (Lipinski definition) is 4. The van der Waals surface area contributed by atoms with Crippen molar-refractivity contribution in [2.45, 2.75) is 13.8 Å². The molecule has 0 saturated carbocycles. The van der Waals surface area contributed by atoms with Gasteiger partial charge in [-0.1, -0.05) is 29.8 Å². The molecule has 1 aliphatic rings. The molecule has 0 fully saturated rings. The molecule has 0 radical (unpaired) electrons. The van der Waals surface area contributed by atoms with Crippen LogP contribution in [-0.2, 0) is 0 Å². The molecule has 0 bridgehead atoms. The van der Waals surface area contributed by atoms with E-state index in [1.807, 2.05) is 6.07 Å². The third kappa shape index (κ3) is 3.95. The fourth-order valence-corrected chi connectivity index (χ4v) is 2.00. The van der Waals surface area contributed by atoms with Crippen LogP contribution >= 0.6 is 11.6 Å². The van der Waals surface area contributed by atoms with E-state index in [-0.39, 0.29) is 6.54 Å². The van der Waals surface area contributed by atoms with Crippen LogP contribution in [-0.4, -0.2) is 35.0 Å². The Morgan fingerprint density at radius 3 is 2.91 bits per heavy atom. The number of hydrazone groups is 2. The number of nitrogens with one attached hydrogen (secondary N) is 3. The van der Waals surface area contributed by atoms with E-state index in [4.69, 9.17) is 11.6 Å². The van der Waals surface area contributed by atoms with Crippen molar-refractivity contribution in [2.24, 2.45) is 10.2 Å². The minimum absolute atomic E-state index is 0.201. The summed E-state index contributed by atoms with van der Waals surface area (Å²) in [5, 5.41) is 9.33. The second kappa shape index (κ2) is 6.90. The standard InChI is InChI=1S/C13H15ClN6O2/c1-8-7-20(13(22)18-15-8)19-12(21)17-16-9(2)10-5-3-4-6-11(10)14/h3-6H,7H2,1-2H3,(H,18,22)(H2,17,19,21)/b16-9+. The van der Waals surface area contributed by atoms with Crippen LogP contribution in [0.5, 0.6) is 0 Å². The van der Waals surface area contributed by atoms with E-state index in [2.05, 4.69) is 26.5 Å². The molecule has 9 heteroatoms. The topological polar surface area (TPSA) is 98.2 Å². The Morgan fingerprint density at radius 2 is 2.18 bits per heavy atom. The fourth-order valence-electron chi connectivity index (χ4n) is 1.73. The second-order valence-corrected chi connectivity index (χ2v) is 4.99. The van der Waals surface area contributed by atoms with E-state index >= 15 is 0 Å². The van der Waals surface area contributed by atoms with Gasteiger partial charge < -0.3 is 0 Å². The summed E-state index contributed by atoms with van der Waals surface area (Å²) in [7, 11) is 0. The van der Waals surface area contributed by atoms with Crippen LogP contribution in [0.1, 0.15) is 19.4 Å². The zero-order valence-electron chi connectivity index (χ0n) is 12.1. The van der Waals surface area contributed by atoms with Crippen LogP contribution in [0.2, 0.25) is 5.02 Å². The number of halogens is 1. The van der Waals surface area contributed by atoms with Crippen LogP contribution in [0.25, 0.3) is 0 Å². The highest BCUT2D eigenvalue weighted by atomic mass is 35.5. The summed E-state index contributed by atoms with van der Waals surface area (Å²) in [6.07, 6.45) is 0. The van der Waals surface area contributed by atoms with Crippen LogP contribution in [0.4, 0.5) is 9.59 Å². The summed E-state index contributed by atoms with van der Waals surface area (Å²) in [5.74, 6) is 0. The third-order valence-electron chi connectivity index (χ3n) is 2.80. The highest BCUT2D eigenvalue weighted by Crippen LogP contribution is 2.15. The molecule has 0 unspecified atom stereocenters. The van der Waals surface area contributed by atoms with E-state index in [0.717, 1.165) is 5.01 Å². The smallest absolute Gasteiger partial charge is 0.245 e. The average molecular weight is 323 g/mol. The first-order valence-electron chi connectivity index (χ1n) is 6.44. The quantitative estimate of drug-likeness (QED) is 0.583. The Kier molecular flexibility index (Phi) is 4.95. The van der Waals surface area contributed by atoms with Crippen molar-refractivity contribution in [2.75, 3.05) is 6.54 Å². The molecule has 8 nitrogen and oxygen atoms in total. The van der Waals surface area contributed by atoms with Crippen molar-refractivity contribution in [1.82, 2.24) is 21.3 Å². The maximum Gasteiger partial charge on any atom is 0.356 e. The molecule has 1 aromatic rings. The first kappa shape index (κ1) is 15.8. The Labute approximate surface area is 132 Å². The van der Waals surface area contributed by atoms with Crippen molar-refractivity contribution in [3.63, 3.8) is 0 Å². The average Bonchev–Trinajstić information content (AvgIpc) is 2.49. The van der Waals surface area contributed by atoms with E-state index in [1.165, 1.54) is 0 Å². The Balaban J connectivity index is 1.95. The normalized spacial score (nSPS) is 15.0. The molecule has 1 aliphatic heterocycles. The lowest BCUT2D eigenvalue weighted by atomic mass is 10.1. The molecule has 1 heterocycles. The number of amides is 4. The van der Waals surface area contributed by atoms with Gasteiger partial charge in [0.15, 0.2) is 0 Å². The molecule has 0 aliphatic carbocycles. The minimum Gasteiger partial charge on any atom is -0.245 e. The van der Waals surface area contributed by atoms with Gasteiger partial charge in [-0.3, -0.25) is 0 Å². The van der Waals surface area contributed by atoms with Gasteiger partial charge in [0, 0.05) is 10.6 Å². The fraction of sp³-hybridized carbons (Fsp3) is 0.231. The highest BCUT2D eigenvalue weighted by Gasteiger charge is 2.20. The molecule has 2 rings (SSSR count). The lowest BCUT2D eigenvalue weighted by molar-refractivity contribution is 0.173. The predicted molar refractivity (Wildman–Crippen MR) is 83.7 cm³/mol. The molecule has 0 spiro atoms. The SMILES string of the molecule is CC1=NNC(=O)N(NC(=O)N/N=C(\C)c2ccccc2Cl)C1. The van der Waals surface area contributed by atoms with Crippen molar-refractivity contribution in [3.05, 3.63) is 34.9 Å². The van der Waals surface area contributed by atoms with Crippen molar-refractivity contribution in [3.8, 4) is 0 Å². The van der Waals surface area contributed by atoms with Gasteiger partial charge >= 0.3 is 12.1 Å². The molecule has 1 aromatic carbocycles. The molecular formula is C13H15ClN6O2. The zero-order valence-corrected chi connectivity index (χ0v) is 12.8. The summed E-state index contributed by atoms with van der Waals surface area (Å²) >= 11 is 6.04. The van der Waals surface area contributed by atoms with Crippen LogP contribution in [0.15, 0.2) is 34.5 Å². The molecule has 0 aromatic heterocycles. The van der Waals surface area contributed by atoms with Gasteiger partial charge in [0.25, 0.3) is 0 Å². The van der Waals surface area contributed by atoms with Crippen molar-refractivity contribution < 1.29 is 9.59 Å². The van der Waals surface area contributed by atoms with E-state index in [0.29, 0.717) is 22.0 Å². The Hall–Kier alpha value is -2.61. The van der Waals surface area contributed by atoms with E-state index in [9.17, 15) is 9.59 Å². The number of carbonyl (C=O) groups excluding carboxylic acids is 2. The number of nitrogens with zero attached hydrogens (tertiary/aromatic N) is 3. The van der Waals surface area contributed by atoms with Gasteiger partial charge in [0.1, 0.15) is 0 Å². The van der Waals surface area contributed by atoms with Crippen LogP contribution in [0.3, 0.4) is 0 Å². The minimum atomic E-state index is -0.642. The lowest BCUT2D eigenvalue weighted by Crippen LogP contribution is -2.56. The second-order valence-electron chi connectivity index (χ2n) is 4.58. The molecule has 4 amide bonds. The van der Waals surface area contributed by atoms with E-state index in [1.54, 1.807) is 32.0 Å². The molecule has 22 heavy (non-hydrogen) atoms. The van der Waals surface area contributed by atoms with Gasteiger partial charge in [-0.15, -0.1) is 0 Å². The number of hydrazine groups is 1. The summed E-state index contributed by atoms with van der Waals surface area (Å²) in [4.78, 5) is 23.3. The number of urea groups is 2. The largest absolute Gasteiger partial charge is 0.356 e. The maximum atomic E-state index is 11.8. The van der Waals surface area contributed by atoms with Crippen molar-refractivity contribution in [1.29, 1.82) is 0 Å². The third-order valence-corrected chi connectivity index (χ3v) is 3.13. The number of hydrogen-bond donors (Lipinski definition) is 3. The predicted octanol–water partition coefficient (Wildman–Crippen LogP) is 1.68. The first-order chi connectivity index (χ1) is 10.5. The number of rotatable bonds is 3. The van der Waals surface area contributed by atoms with Crippen molar-refractivity contribution >= 4 is 35.1 Å². The lowest BCUT2D eigenvalue weighted by Gasteiger charge is -2.25. The zero-order chi connectivity index (χ0) is 16.1. The molecule has 0 atom stereocenters. The van der Waals surface area contributed by atoms with Gasteiger partial charge in [-0.25, -0.2) is 30.9 Å². The molecule has 0 saturated heterocycles. The Morgan fingerprint density at radius 1 is 1.45 bits per heavy atom. The van der Waals surface area contributed by atoms with Crippen LogP contribution in [0, 0.1) is 0 Å². The Bertz CT molecular complexity index is 658.